The van der Waals surface area contributed by atoms with Crippen molar-refractivity contribution in [1.29, 1.82) is 0 Å². The molecule has 0 aromatic heterocycles. The lowest BCUT2D eigenvalue weighted by atomic mass is 10.1. The Kier molecular flexibility index (Phi) is 3.75. The molecule has 0 aromatic carbocycles. The van der Waals surface area contributed by atoms with Gasteiger partial charge in [-0.2, -0.15) is 0 Å². The molecule has 82 valence electrons. The molecule has 14 heavy (non-hydrogen) atoms. The molecule has 4 heteroatoms. The summed E-state index contributed by atoms with van der Waals surface area (Å²) in [7, 11) is 0. The molecule has 0 aliphatic carbocycles. The van der Waals surface area contributed by atoms with E-state index < -0.39 is 0 Å². The third-order valence-corrected chi connectivity index (χ3v) is 2.00. The Bertz CT molecular complexity index is 193. The molecule has 2 N–H and O–H groups in total. The molecule has 1 rings (SSSR count). The summed E-state index contributed by atoms with van der Waals surface area (Å²) in [5.41, 5.74) is -0.223. The second kappa shape index (κ2) is 4.64. The van der Waals surface area contributed by atoms with Gasteiger partial charge in [0.2, 0.25) is 0 Å². The maximum atomic E-state index is 11.4. The minimum absolute atomic E-state index is 0.0334. The summed E-state index contributed by atoms with van der Waals surface area (Å²) in [6.45, 7) is 7.62. The van der Waals surface area contributed by atoms with E-state index in [2.05, 4.69) is 10.6 Å². The summed E-state index contributed by atoms with van der Waals surface area (Å²) < 4.78 is 5.25. The van der Waals surface area contributed by atoms with Gasteiger partial charge >= 0.3 is 6.09 Å². The average Bonchev–Trinajstić information content (AvgIpc) is 2.02. The van der Waals surface area contributed by atoms with Gasteiger partial charge in [-0.05, 0) is 40.2 Å². The van der Waals surface area contributed by atoms with E-state index in [0.717, 1.165) is 25.9 Å². The lowest BCUT2D eigenvalue weighted by Gasteiger charge is -2.26. The second-order valence-corrected chi connectivity index (χ2v) is 4.75. The normalized spacial score (nSPS) is 22.9. The summed E-state index contributed by atoms with van der Waals surface area (Å²) >= 11 is 0. The fourth-order valence-electron chi connectivity index (χ4n) is 1.41. The third-order valence-electron chi connectivity index (χ3n) is 2.00. The lowest BCUT2D eigenvalue weighted by Crippen LogP contribution is -2.45. The van der Waals surface area contributed by atoms with Crippen LogP contribution in [0.4, 0.5) is 4.79 Å². The molecule has 1 aliphatic rings. The number of hydrogen-bond donors (Lipinski definition) is 2. The molecule has 0 saturated carbocycles. The highest BCUT2D eigenvalue weighted by atomic mass is 16.6. The first-order chi connectivity index (χ1) is 6.47. The number of ether oxygens (including phenoxy) is 1. The molecule has 0 bridgehead atoms. The van der Waals surface area contributed by atoms with Crippen molar-refractivity contribution >= 4 is 6.09 Å². The smallest absolute Gasteiger partial charge is 0.407 e. The van der Waals surface area contributed by atoms with Gasteiger partial charge in [-0.1, -0.05) is 0 Å². The molecule has 1 heterocycles. The lowest BCUT2D eigenvalue weighted by molar-refractivity contribution is 0.0771. The Labute approximate surface area is 85.4 Å². The van der Waals surface area contributed by atoms with Crippen LogP contribution in [0.5, 0.6) is 0 Å². The minimum atomic E-state index is -0.314. The van der Waals surface area contributed by atoms with Crippen LogP contribution in [-0.4, -0.2) is 30.8 Å². The molecule has 1 unspecified atom stereocenters. The van der Waals surface area contributed by atoms with Crippen molar-refractivity contribution < 1.29 is 9.53 Å². The third kappa shape index (κ3) is 4.46. The summed E-state index contributed by atoms with van der Waals surface area (Å²) in [6.07, 6.45) is 1.76. The number of piperidine rings is 1. The van der Waals surface area contributed by atoms with Gasteiger partial charge in [0.05, 0.1) is 0 Å². The maximum absolute atomic E-state index is 11.4. The van der Waals surface area contributed by atoms with Crippen molar-refractivity contribution in [1.82, 2.24) is 10.6 Å². The fourth-order valence-corrected chi connectivity index (χ4v) is 1.41. The number of carbonyl (C=O) groups is 1. The SMILES string of the molecule is CC(C)(C)NC(=O)OC1CCCNC1. The molecule has 0 aromatic rings. The molecule has 1 aliphatic heterocycles. The van der Waals surface area contributed by atoms with Crippen LogP contribution < -0.4 is 10.6 Å². The highest BCUT2D eigenvalue weighted by molar-refractivity contribution is 5.68. The van der Waals surface area contributed by atoms with E-state index in [1.165, 1.54) is 0 Å². The molecule has 1 fully saturated rings. The zero-order chi connectivity index (χ0) is 10.6. The van der Waals surface area contributed by atoms with Crippen molar-refractivity contribution in [3.8, 4) is 0 Å². The van der Waals surface area contributed by atoms with Gasteiger partial charge in [0.15, 0.2) is 0 Å². The van der Waals surface area contributed by atoms with Gasteiger partial charge in [0, 0.05) is 12.1 Å². The first kappa shape index (κ1) is 11.3. The van der Waals surface area contributed by atoms with Crippen molar-refractivity contribution in [2.24, 2.45) is 0 Å². The summed E-state index contributed by atoms with van der Waals surface area (Å²) in [5, 5.41) is 5.98. The maximum Gasteiger partial charge on any atom is 0.407 e. The largest absolute Gasteiger partial charge is 0.445 e. The highest BCUT2D eigenvalue weighted by Gasteiger charge is 2.20. The summed E-state index contributed by atoms with van der Waals surface area (Å²) in [4.78, 5) is 11.4. The zero-order valence-corrected chi connectivity index (χ0v) is 9.22. The average molecular weight is 200 g/mol. The van der Waals surface area contributed by atoms with Crippen LogP contribution in [0.1, 0.15) is 33.6 Å². The monoisotopic (exact) mass is 200 g/mol. The van der Waals surface area contributed by atoms with Crippen molar-refractivity contribution in [3.63, 3.8) is 0 Å². The van der Waals surface area contributed by atoms with E-state index >= 15 is 0 Å². The number of alkyl carbamates (subject to hydrolysis) is 1. The van der Waals surface area contributed by atoms with Crippen LogP contribution in [0.25, 0.3) is 0 Å². The van der Waals surface area contributed by atoms with E-state index in [1.54, 1.807) is 0 Å². The molecular formula is C10H20N2O2. The van der Waals surface area contributed by atoms with Gasteiger partial charge < -0.3 is 15.4 Å². The molecule has 4 nitrogen and oxygen atoms in total. The topological polar surface area (TPSA) is 50.4 Å². The van der Waals surface area contributed by atoms with Gasteiger partial charge in [-0.3, -0.25) is 0 Å². The van der Waals surface area contributed by atoms with Gasteiger partial charge in [0.25, 0.3) is 0 Å². The summed E-state index contributed by atoms with van der Waals surface area (Å²) in [5.74, 6) is 0. The van der Waals surface area contributed by atoms with Crippen molar-refractivity contribution in [3.05, 3.63) is 0 Å². The minimum Gasteiger partial charge on any atom is -0.445 e. The van der Waals surface area contributed by atoms with Crippen LogP contribution in [0.3, 0.4) is 0 Å². The molecule has 0 radical (unpaired) electrons. The number of amides is 1. The number of hydrogen-bond acceptors (Lipinski definition) is 3. The molecular weight excluding hydrogens is 180 g/mol. The molecule has 1 amide bonds. The summed E-state index contributed by atoms with van der Waals surface area (Å²) in [6, 6.07) is 0. The van der Waals surface area contributed by atoms with E-state index in [-0.39, 0.29) is 17.7 Å². The molecule has 1 atom stereocenters. The standard InChI is InChI=1S/C10H20N2O2/c1-10(2,3)12-9(13)14-8-5-4-6-11-7-8/h8,11H,4-7H2,1-3H3,(H,12,13). The zero-order valence-electron chi connectivity index (χ0n) is 9.22. The Balaban J connectivity index is 2.25. The van der Waals surface area contributed by atoms with E-state index in [4.69, 9.17) is 4.74 Å². The Hall–Kier alpha value is -0.770. The van der Waals surface area contributed by atoms with Gasteiger partial charge in [0.1, 0.15) is 6.10 Å². The molecule has 0 spiro atoms. The second-order valence-electron chi connectivity index (χ2n) is 4.75. The fraction of sp³-hybridized carbons (Fsp3) is 0.900. The predicted molar refractivity (Wildman–Crippen MR) is 55.3 cm³/mol. The molecule has 1 saturated heterocycles. The first-order valence-corrected chi connectivity index (χ1v) is 5.17. The first-order valence-electron chi connectivity index (χ1n) is 5.17. The van der Waals surface area contributed by atoms with E-state index in [1.807, 2.05) is 20.8 Å². The Morgan fingerprint density at radius 1 is 1.50 bits per heavy atom. The van der Waals surface area contributed by atoms with Crippen LogP contribution in [0.15, 0.2) is 0 Å². The van der Waals surface area contributed by atoms with Gasteiger partial charge in [-0.15, -0.1) is 0 Å². The number of rotatable bonds is 1. The Morgan fingerprint density at radius 2 is 2.21 bits per heavy atom. The highest BCUT2D eigenvalue weighted by Crippen LogP contribution is 2.07. The predicted octanol–water partition coefficient (Wildman–Crippen LogP) is 1.26. The van der Waals surface area contributed by atoms with Crippen LogP contribution >= 0.6 is 0 Å². The van der Waals surface area contributed by atoms with Crippen LogP contribution in [0.2, 0.25) is 0 Å². The van der Waals surface area contributed by atoms with Crippen LogP contribution in [-0.2, 0) is 4.74 Å². The van der Waals surface area contributed by atoms with Gasteiger partial charge in [-0.25, -0.2) is 4.79 Å². The number of carbonyl (C=O) groups excluding carboxylic acids is 1. The number of nitrogens with one attached hydrogen (secondary N) is 2. The van der Waals surface area contributed by atoms with Crippen molar-refractivity contribution in [2.75, 3.05) is 13.1 Å². The van der Waals surface area contributed by atoms with Crippen molar-refractivity contribution in [2.45, 2.75) is 45.3 Å². The van der Waals surface area contributed by atoms with E-state index in [9.17, 15) is 4.79 Å². The van der Waals surface area contributed by atoms with E-state index in [0.29, 0.717) is 0 Å². The quantitative estimate of drug-likeness (QED) is 0.670. The Morgan fingerprint density at radius 3 is 2.71 bits per heavy atom. The van der Waals surface area contributed by atoms with Crippen LogP contribution in [0, 0.1) is 0 Å².